The predicted octanol–water partition coefficient (Wildman–Crippen LogP) is 2.44. The third kappa shape index (κ3) is 3.05. The quantitative estimate of drug-likeness (QED) is 0.555. The lowest BCUT2D eigenvalue weighted by molar-refractivity contribution is 0.490. The van der Waals surface area contributed by atoms with Crippen LogP contribution in [0.3, 0.4) is 0 Å². The van der Waals surface area contributed by atoms with Crippen LogP contribution < -0.4 is 5.32 Å². The fourth-order valence-electron chi connectivity index (χ4n) is 1.36. The van der Waals surface area contributed by atoms with Gasteiger partial charge in [-0.15, -0.1) is 0 Å². The third-order valence-electron chi connectivity index (χ3n) is 2.23. The summed E-state index contributed by atoms with van der Waals surface area (Å²) in [5.74, 6) is 0.732. The second kappa shape index (κ2) is 4.68. The van der Waals surface area contributed by atoms with Crippen molar-refractivity contribution in [2.45, 2.75) is 19.3 Å². The SMILES string of the molecule is CC(C)(CNCS)c1ccccc1. The minimum Gasteiger partial charge on any atom is -0.307 e. The fraction of sp³-hybridized carbons (Fsp3) is 0.455. The highest BCUT2D eigenvalue weighted by Gasteiger charge is 2.18. The van der Waals surface area contributed by atoms with Crippen LogP contribution in [0.2, 0.25) is 0 Å². The van der Waals surface area contributed by atoms with E-state index in [2.05, 4.69) is 56.1 Å². The highest BCUT2D eigenvalue weighted by Crippen LogP contribution is 2.21. The Kier molecular flexibility index (Phi) is 3.82. The van der Waals surface area contributed by atoms with E-state index in [0.29, 0.717) is 0 Å². The number of hydrogen-bond donors (Lipinski definition) is 2. The van der Waals surface area contributed by atoms with E-state index < -0.39 is 0 Å². The molecule has 0 spiro atoms. The maximum atomic E-state index is 4.13. The topological polar surface area (TPSA) is 12.0 Å². The van der Waals surface area contributed by atoms with Gasteiger partial charge in [0, 0.05) is 17.8 Å². The molecule has 1 rings (SSSR count). The first-order valence-electron chi connectivity index (χ1n) is 4.54. The van der Waals surface area contributed by atoms with Gasteiger partial charge in [-0.1, -0.05) is 44.2 Å². The largest absolute Gasteiger partial charge is 0.307 e. The Morgan fingerprint density at radius 1 is 1.23 bits per heavy atom. The Hall–Kier alpha value is -0.470. The summed E-state index contributed by atoms with van der Waals surface area (Å²) in [6.07, 6.45) is 0. The number of rotatable bonds is 4. The Morgan fingerprint density at radius 3 is 2.38 bits per heavy atom. The molecule has 0 unspecified atom stereocenters. The lowest BCUT2D eigenvalue weighted by Crippen LogP contribution is -2.32. The molecule has 0 amide bonds. The lowest BCUT2D eigenvalue weighted by Gasteiger charge is -2.25. The second-order valence-electron chi connectivity index (χ2n) is 3.83. The van der Waals surface area contributed by atoms with Crippen molar-refractivity contribution in [3.8, 4) is 0 Å². The highest BCUT2D eigenvalue weighted by atomic mass is 32.1. The van der Waals surface area contributed by atoms with Crippen molar-refractivity contribution in [1.29, 1.82) is 0 Å². The molecule has 1 aromatic carbocycles. The molecule has 0 radical (unpaired) electrons. The molecule has 0 saturated carbocycles. The Morgan fingerprint density at radius 2 is 1.85 bits per heavy atom. The van der Waals surface area contributed by atoms with Gasteiger partial charge >= 0.3 is 0 Å². The zero-order valence-electron chi connectivity index (χ0n) is 8.25. The predicted molar refractivity (Wildman–Crippen MR) is 61.3 cm³/mol. The van der Waals surface area contributed by atoms with Crippen LogP contribution in [0.4, 0.5) is 0 Å². The normalized spacial score (nSPS) is 11.6. The van der Waals surface area contributed by atoms with Crippen LogP contribution in [0.15, 0.2) is 30.3 Å². The molecule has 0 bridgehead atoms. The molecule has 0 aromatic heterocycles. The van der Waals surface area contributed by atoms with Crippen LogP contribution in [0.1, 0.15) is 19.4 Å². The third-order valence-corrected chi connectivity index (χ3v) is 2.46. The van der Waals surface area contributed by atoms with Gasteiger partial charge in [0.15, 0.2) is 0 Å². The van der Waals surface area contributed by atoms with E-state index >= 15 is 0 Å². The van der Waals surface area contributed by atoms with Crippen LogP contribution in [0, 0.1) is 0 Å². The molecule has 0 atom stereocenters. The van der Waals surface area contributed by atoms with Gasteiger partial charge in [-0.2, -0.15) is 12.6 Å². The summed E-state index contributed by atoms with van der Waals surface area (Å²) in [6.45, 7) is 5.43. The van der Waals surface area contributed by atoms with E-state index in [-0.39, 0.29) is 5.41 Å². The molecule has 0 aliphatic heterocycles. The first-order chi connectivity index (χ1) is 6.17. The standard InChI is InChI=1S/C11H17NS/c1-11(2,8-12-9-13)10-6-4-3-5-7-10/h3-7,12-13H,8-9H2,1-2H3. The zero-order chi connectivity index (χ0) is 9.73. The van der Waals surface area contributed by atoms with Gasteiger partial charge in [0.25, 0.3) is 0 Å². The van der Waals surface area contributed by atoms with Crippen molar-refractivity contribution >= 4 is 12.6 Å². The number of hydrogen-bond acceptors (Lipinski definition) is 2. The second-order valence-corrected chi connectivity index (χ2v) is 4.15. The molecule has 72 valence electrons. The summed E-state index contributed by atoms with van der Waals surface area (Å²) in [5.41, 5.74) is 1.55. The maximum Gasteiger partial charge on any atom is 0.0387 e. The molecule has 0 saturated heterocycles. The van der Waals surface area contributed by atoms with Crippen molar-refractivity contribution in [3.63, 3.8) is 0 Å². The molecule has 2 heteroatoms. The summed E-state index contributed by atoms with van der Waals surface area (Å²) in [7, 11) is 0. The van der Waals surface area contributed by atoms with Gasteiger partial charge in [-0.3, -0.25) is 0 Å². The summed E-state index contributed by atoms with van der Waals surface area (Å²) in [6, 6.07) is 10.5. The van der Waals surface area contributed by atoms with Crippen molar-refractivity contribution in [1.82, 2.24) is 5.32 Å². The van der Waals surface area contributed by atoms with Crippen LogP contribution in [0.5, 0.6) is 0 Å². The molecule has 0 aliphatic rings. The van der Waals surface area contributed by atoms with E-state index in [4.69, 9.17) is 0 Å². The summed E-state index contributed by atoms with van der Waals surface area (Å²) < 4.78 is 0. The van der Waals surface area contributed by atoms with Crippen LogP contribution in [0.25, 0.3) is 0 Å². The Balaban J connectivity index is 2.69. The van der Waals surface area contributed by atoms with Crippen LogP contribution in [-0.4, -0.2) is 12.4 Å². The van der Waals surface area contributed by atoms with Gasteiger partial charge < -0.3 is 5.32 Å². The average Bonchev–Trinajstić information content (AvgIpc) is 2.16. The molecule has 1 N–H and O–H groups in total. The van der Waals surface area contributed by atoms with Gasteiger partial charge in [0.2, 0.25) is 0 Å². The van der Waals surface area contributed by atoms with E-state index in [1.165, 1.54) is 5.56 Å². The smallest absolute Gasteiger partial charge is 0.0387 e. The molecular formula is C11H17NS. The molecule has 1 aromatic rings. The van der Waals surface area contributed by atoms with E-state index in [1.807, 2.05) is 6.07 Å². The Labute approximate surface area is 86.0 Å². The molecular weight excluding hydrogens is 178 g/mol. The van der Waals surface area contributed by atoms with Gasteiger partial charge in [-0.05, 0) is 5.56 Å². The molecule has 1 nitrogen and oxygen atoms in total. The lowest BCUT2D eigenvalue weighted by atomic mass is 9.85. The maximum absolute atomic E-state index is 4.13. The summed E-state index contributed by atoms with van der Waals surface area (Å²) >= 11 is 4.13. The van der Waals surface area contributed by atoms with Crippen LogP contribution in [-0.2, 0) is 5.41 Å². The van der Waals surface area contributed by atoms with Crippen LogP contribution >= 0.6 is 12.6 Å². The molecule has 0 aliphatic carbocycles. The van der Waals surface area contributed by atoms with E-state index in [0.717, 1.165) is 12.4 Å². The van der Waals surface area contributed by atoms with Crippen molar-refractivity contribution in [2.24, 2.45) is 0 Å². The fourth-order valence-corrected chi connectivity index (χ4v) is 1.47. The minimum atomic E-state index is 0.185. The minimum absolute atomic E-state index is 0.185. The zero-order valence-corrected chi connectivity index (χ0v) is 9.14. The average molecular weight is 195 g/mol. The van der Waals surface area contributed by atoms with Gasteiger partial charge in [0.1, 0.15) is 0 Å². The first kappa shape index (κ1) is 10.6. The monoisotopic (exact) mass is 195 g/mol. The highest BCUT2D eigenvalue weighted by molar-refractivity contribution is 7.80. The molecule has 0 heterocycles. The van der Waals surface area contributed by atoms with Crippen molar-refractivity contribution in [2.75, 3.05) is 12.4 Å². The number of nitrogens with one attached hydrogen (secondary N) is 1. The number of benzene rings is 1. The molecule has 13 heavy (non-hydrogen) atoms. The van der Waals surface area contributed by atoms with Gasteiger partial charge in [0.05, 0.1) is 0 Å². The molecule has 0 fully saturated rings. The van der Waals surface area contributed by atoms with Crippen molar-refractivity contribution in [3.05, 3.63) is 35.9 Å². The van der Waals surface area contributed by atoms with Gasteiger partial charge in [-0.25, -0.2) is 0 Å². The van der Waals surface area contributed by atoms with E-state index in [1.54, 1.807) is 0 Å². The summed E-state index contributed by atoms with van der Waals surface area (Å²) in [4.78, 5) is 0. The number of thiol groups is 1. The first-order valence-corrected chi connectivity index (χ1v) is 5.17. The Bertz CT molecular complexity index is 244. The van der Waals surface area contributed by atoms with E-state index in [9.17, 15) is 0 Å². The van der Waals surface area contributed by atoms with Crippen molar-refractivity contribution < 1.29 is 0 Å². The summed E-state index contributed by atoms with van der Waals surface area (Å²) in [5, 5.41) is 3.25.